The summed E-state index contributed by atoms with van der Waals surface area (Å²) in [6, 6.07) is 3.18. The van der Waals surface area contributed by atoms with Crippen LogP contribution in [0, 0.1) is 24.0 Å². The summed E-state index contributed by atoms with van der Waals surface area (Å²) >= 11 is 0. The Morgan fingerprint density at radius 3 is 2.67 bits per heavy atom. The van der Waals surface area contributed by atoms with Gasteiger partial charge in [-0.2, -0.15) is 0 Å². The highest BCUT2D eigenvalue weighted by molar-refractivity contribution is 5.99. The average Bonchev–Trinajstić information content (AvgIpc) is 2.92. The zero-order valence-corrected chi connectivity index (χ0v) is 12.7. The molecule has 6 nitrogen and oxygen atoms in total. The van der Waals surface area contributed by atoms with Crippen molar-refractivity contribution in [2.24, 2.45) is 0 Å². The Bertz CT molecular complexity index is 578. The first-order chi connectivity index (χ1) is 9.89. The highest BCUT2D eigenvalue weighted by Gasteiger charge is 2.39. The second-order valence-electron chi connectivity index (χ2n) is 5.63. The standard InChI is InChI=1S/C15H21N3O3/c1-4-15(6-5-7-16-15)14(19)17-12-8-11(3)13(18(20)21)9-10(12)2/h8-9,16H,4-7H2,1-3H3,(H,17,19). The van der Waals surface area contributed by atoms with Crippen LogP contribution in [-0.4, -0.2) is 22.9 Å². The lowest BCUT2D eigenvalue weighted by Crippen LogP contribution is -2.50. The molecule has 1 atom stereocenters. The third-order valence-corrected chi connectivity index (χ3v) is 4.27. The van der Waals surface area contributed by atoms with Crippen molar-refractivity contribution in [1.82, 2.24) is 5.32 Å². The Balaban J connectivity index is 2.25. The Kier molecular flexibility index (Phi) is 4.27. The van der Waals surface area contributed by atoms with Crippen molar-refractivity contribution in [2.45, 2.75) is 45.6 Å². The van der Waals surface area contributed by atoms with Crippen molar-refractivity contribution in [1.29, 1.82) is 0 Å². The SMILES string of the molecule is CCC1(C(=O)Nc2cc(C)c([N+](=O)[O-])cc2C)CCCN1. The molecule has 0 aliphatic carbocycles. The lowest BCUT2D eigenvalue weighted by atomic mass is 9.93. The van der Waals surface area contributed by atoms with Gasteiger partial charge in [0.2, 0.25) is 5.91 Å². The molecule has 0 spiro atoms. The molecular formula is C15H21N3O3. The van der Waals surface area contributed by atoms with Crippen LogP contribution in [0.4, 0.5) is 11.4 Å². The van der Waals surface area contributed by atoms with Gasteiger partial charge in [0.25, 0.3) is 5.69 Å². The van der Waals surface area contributed by atoms with Crippen LogP contribution in [0.25, 0.3) is 0 Å². The molecule has 114 valence electrons. The molecule has 0 aromatic heterocycles. The summed E-state index contributed by atoms with van der Waals surface area (Å²) in [5.74, 6) is -0.0566. The van der Waals surface area contributed by atoms with E-state index in [4.69, 9.17) is 0 Å². The van der Waals surface area contributed by atoms with E-state index < -0.39 is 10.5 Å². The molecule has 0 saturated carbocycles. The summed E-state index contributed by atoms with van der Waals surface area (Å²) < 4.78 is 0. The zero-order chi connectivity index (χ0) is 15.6. The second kappa shape index (κ2) is 5.81. The van der Waals surface area contributed by atoms with Gasteiger partial charge in [-0.05, 0) is 51.3 Å². The minimum Gasteiger partial charge on any atom is -0.324 e. The summed E-state index contributed by atoms with van der Waals surface area (Å²) in [4.78, 5) is 23.1. The quantitative estimate of drug-likeness (QED) is 0.660. The number of hydrogen-bond donors (Lipinski definition) is 2. The number of nitro benzene ring substituents is 1. The van der Waals surface area contributed by atoms with E-state index in [1.165, 1.54) is 6.07 Å². The van der Waals surface area contributed by atoms with Crippen LogP contribution in [0.1, 0.15) is 37.3 Å². The van der Waals surface area contributed by atoms with Gasteiger partial charge in [-0.25, -0.2) is 0 Å². The minimum atomic E-state index is -0.512. The third kappa shape index (κ3) is 2.90. The Labute approximate surface area is 124 Å². The van der Waals surface area contributed by atoms with E-state index in [0.29, 0.717) is 16.8 Å². The summed E-state index contributed by atoms with van der Waals surface area (Å²) in [5.41, 5.74) is 1.46. The van der Waals surface area contributed by atoms with Gasteiger partial charge in [0, 0.05) is 17.3 Å². The molecule has 2 rings (SSSR count). The van der Waals surface area contributed by atoms with Crippen molar-refractivity contribution >= 4 is 17.3 Å². The molecule has 0 radical (unpaired) electrons. The van der Waals surface area contributed by atoms with Gasteiger partial charge >= 0.3 is 0 Å². The van der Waals surface area contributed by atoms with Gasteiger partial charge < -0.3 is 10.6 Å². The molecule has 1 amide bonds. The lowest BCUT2D eigenvalue weighted by Gasteiger charge is -2.27. The number of nitro groups is 1. The van der Waals surface area contributed by atoms with Crippen LogP contribution in [0.15, 0.2) is 12.1 Å². The van der Waals surface area contributed by atoms with Gasteiger partial charge in [-0.3, -0.25) is 14.9 Å². The van der Waals surface area contributed by atoms with Gasteiger partial charge in [0.1, 0.15) is 0 Å². The first kappa shape index (κ1) is 15.4. The molecule has 1 aliphatic rings. The first-order valence-corrected chi connectivity index (χ1v) is 7.22. The first-order valence-electron chi connectivity index (χ1n) is 7.22. The number of anilines is 1. The maximum Gasteiger partial charge on any atom is 0.272 e. The largest absolute Gasteiger partial charge is 0.324 e. The molecule has 6 heteroatoms. The van der Waals surface area contributed by atoms with Gasteiger partial charge in [0.05, 0.1) is 10.5 Å². The molecule has 1 unspecified atom stereocenters. The molecule has 1 fully saturated rings. The van der Waals surface area contributed by atoms with Crippen molar-refractivity contribution in [3.8, 4) is 0 Å². The highest BCUT2D eigenvalue weighted by atomic mass is 16.6. The fraction of sp³-hybridized carbons (Fsp3) is 0.533. The number of aryl methyl sites for hydroxylation is 2. The van der Waals surface area contributed by atoms with Gasteiger partial charge in [-0.15, -0.1) is 0 Å². The minimum absolute atomic E-state index is 0.0566. The van der Waals surface area contributed by atoms with Crippen molar-refractivity contribution in [2.75, 3.05) is 11.9 Å². The Morgan fingerprint density at radius 2 is 2.14 bits per heavy atom. The monoisotopic (exact) mass is 291 g/mol. The molecule has 21 heavy (non-hydrogen) atoms. The topological polar surface area (TPSA) is 84.3 Å². The number of nitrogens with one attached hydrogen (secondary N) is 2. The van der Waals surface area contributed by atoms with E-state index in [2.05, 4.69) is 10.6 Å². The van der Waals surface area contributed by atoms with Gasteiger partial charge in [0.15, 0.2) is 0 Å². The number of carbonyl (C=O) groups excluding carboxylic acids is 1. The van der Waals surface area contributed by atoms with Crippen molar-refractivity contribution < 1.29 is 9.72 Å². The van der Waals surface area contributed by atoms with Crippen LogP contribution >= 0.6 is 0 Å². The number of rotatable bonds is 4. The van der Waals surface area contributed by atoms with E-state index >= 15 is 0 Å². The summed E-state index contributed by atoms with van der Waals surface area (Å²) in [7, 11) is 0. The summed E-state index contributed by atoms with van der Waals surface area (Å²) in [6.07, 6.45) is 2.53. The molecule has 1 saturated heterocycles. The normalized spacial score (nSPS) is 21.3. The fourth-order valence-corrected chi connectivity index (χ4v) is 2.84. The molecule has 1 heterocycles. The zero-order valence-electron chi connectivity index (χ0n) is 12.7. The lowest BCUT2D eigenvalue weighted by molar-refractivity contribution is -0.385. The Morgan fingerprint density at radius 1 is 1.43 bits per heavy atom. The second-order valence-corrected chi connectivity index (χ2v) is 5.63. The summed E-state index contributed by atoms with van der Waals surface area (Å²) in [6.45, 7) is 6.28. The Hall–Kier alpha value is -1.95. The molecule has 0 bridgehead atoms. The van der Waals surface area contributed by atoms with Crippen molar-refractivity contribution in [3.05, 3.63) is 33.4 Å². The van der Waals surface area contributed by atoms with E-state index in [-0.39, 0.29) is 11.6 Å². The predicted octanol–water partition coefficient (Wildman–Crippen LogP) is 2.68. The predicted molar refractivity (Wildman–Crippen MR) is 81.5 cm³/mol. The maximum absolute atomic E-state index is 12.5. The van der Waals surface area contributed by atoms with E-state index in [9.17, 15) is 14.9 Å². The van der Waals surface area contributed by atoms with Crippen molar-refractivity contribution in [3.63, 3.8) is 0 Å². The number of nitrogens with zero attached hydrogens (tertiary/aromatic N) is 1. The van der Waals surface area contributed by atoms with Crippen LogP contribution in [-0.2, 0) is 4.79 Å². The van der Waals surface area contributed by atoms with E-state index in [1.807, 2.05) is 6.92 Å². The molecule has 1 aromatic carbocycles. The maximum atomic E-state index is 12.5. The molecular weight excluding hydrogens is 270 g/mol. The van der Waals surface area contributed by atoms with E-state index in [0.717, 1.165) is 25.8 Å². The van der Waals surface area contributed by atoms with Crippen LogP contribution in [0.3, 0.4) is 0 Å². The number of hydrogen-bond acceptors (Lipinski definition) is 4. The molecule has 1 aromatic rings. The number of benzene rings is 1. The number of amides is 1. The third-order valence-electron chi connectivity index (χ3n) is 4.27. The smallest absolute Gasteiger partial charge is 0.272 e. The van der Waals surface area contributed by atoms with Crippen LogP contribution in [0.5, 0.6) is 0 Å². The summed E-state index contributed by atoms with van der Waals surface area (Å²) in [5, 5.41) is 17.1. The van der Waals surface area contributed by atoms with Gasteiger partial charge in [-0.1, -0.05) is 6.92 Å². The van der Waals surface area contributed by atoms with E-state index in [1.54, 1.807) is 19.9 Å². The number of carbonyl (C=O) groups is 1. The van der Waals surface area contributed by atoms with Crippen LogP contribution in [0.2, 0.25) is 0 Å². The average molecular weight is 291 g/mol. The molecule has 2 N–H and O–H groups in total. The molecule has 1 aliphatic heterocycles. The fourth-order valence-electron chi connectivity index (χ4n) is 2.84. The highest BCUT2D eigenvalue weighted by Crippen LogP contribution is 2.29. The van der Waals surface area contributed by atoms with Crippen LogP contribution < -0.4 is 10.6 Å².